The molecule has 0 fully saturated rings. The summed E-state index contributed by atoms with van der Waals surface area (Å²) in [6, 6.07) is 11.1. The van der Waals surface area contributed by atoms with E-state index >= 15 is 0 Å². The number of benzene rings is 1. The molecule has 0 bridgehead atoms. The van der Waals surface area contributed by atoms with Crippen molar-refractivity contribution >= 4 is 22.8 Å². The van der Waals surface area contributed by atoms with E-state index in [0.29, 0.717) is 28.1 Å². The molecular weight excluding hydrogens is 328 g/mol. The van der Waals surface area contributed by atoms with Gasteiger partial charge in [-0.2, -0.15) is 0 Å². The first kappa shape index (κ1) is 17.9. The van der Waals surface area contributed by atoms with Crippen molar-refractivity contribution in [2.45, 2.75) is 13.8 Å². The monoisotopic (exact) mass is 352 g/mol. The topological polar surface area (TPSA) is 99.9 Å². The lowest BCUT2D eigenvalue weighted by Gasteiger charge is -2.18. The Morgan fingerprint density at radius 3 is 2.65 bits per heavy atom. The number of hydrogen-bond donors (Lipinski definition) is 3. The first-order valence-corrected chi connectivity index (χ1v) is 8.84. The zero-order valence-corrected chi connectivity index (χ0v) is 15.1. The van der Waals surface area contributed by atoms with Crippen LogP contribution in [0.25, 0.3) is 22.6 Å². The summed E-state index contributed by atoms with van der Waals surface area (Å²) >= 11 is 0. The summed E-state index contributed by atoms with van der Waals surface area (Å²) in [7, 11) is 0. The van der Waals surface area contributed by atoms with E-state index < -0.39 is 5.91 Å². The number of amides is 1. The standard InChI is InChI=1S/C19H24N6O/c1-3-25(4-2)12-11-21-16-10-6-9-15(22-16)19-23-14-8-5-7-13(18(20)26)17(14)24-19/h5-10H,3-4,11-12H2,1-2H3,(H2,20,26)(H,21,22)(H,23,24). The molecule has 3 aromatic rings. The number of nitrogens with two attached hydrogens (primary N) is 1. The summed E-state index contributed by atoms with van der Waals surface area (Å²) in [6.07, 6.45) is 0. The fraction of sp³-hybridized carbons (Fsp3) is 0.316. The summed E-state index contributed by atoms with van der Waals surface area (Å²) in [5.41, 5.74) is 7.90. The fourth-order valence-electron chi connectivity index (χ4n) is 2.91. The van der Waals surface area contributed by atoms with Crippen LogP contribution in [-0.2, 0) is 0 Å². The summed E-state index contributed by atoms with van der Waals surface area (Å²) in [6.45, 7) is 8.17. The minimum Gasteiger partial charge on any atom is -0.369 e. The number of primary amides is 1. The number of rotatable bonds is 8. The smallest absolute Gasteiger partial charge is 0.250 e. The number of aromatic nitrogens is 3. The molecule has 136 valence electrons. The van der Waals surface area contributed by atoms with Crippen LogP contribution in [0.5, 0.6) is 0 Å². The first-order chi connectivity index (χ1) is 12.6. The molecule has 0 saturated heterocycles. The summed E-state index contributed by atoms with van der Waals surface area (Å²) < 4.78 is 0. The third-order valence-corrected chi connectivity index (χ3v) is 4.40. The Morgan fingerprint density at radius 1 is 1.15 bits per heavy atom. The Bertz CT molecular complexity index is 900. The van der Waals surface area contributed by atoms with Crippen molar-refractivity contribution in [3.05, 3.63) is 42.0 Å². The van der Waals surface area contributed by atoms with Crippen LogP contribution in [-0.4, -0.2) is 51.9 Å². The molecule has 0 saturated carbocycles. The van der Waals surface area contributed by atoms with Crippen LogP contribution < -0.4 is 11.1 Å². The average Bonchev–Trinajstić information content (AvgIpc) is 3.09. The molecule has 2 heterocycles. The van der Waals surface area contributed by atoms with Crippen LogP contribution in [0.2, 0.25) is 0 Å². The maximum absolute atomic E-state index is 11.6. The van der Waals surface area contributed by atoms with Gasteiger partial charge in [0.2, 0.25) is 0 Å². The Morgan fingerprint density at radius 2 is 1.92 bits per heavy atom. The van der Waals surface area contributed by atoms with Crippen molar-refractivity contribution in [3.8, 4) is 11.5 Å². The van der Waals surface area contributed by atoms with Crippen LogP contribution >= 0.6 is 0 Å². The third kappa shape index (κ3) is 3.83. The molecule has 0 spiro atoms. The molecule has 0 unspecified atom stereocenters. The van der Waals surface area contributed by atoms with Crippen molar-refractivity contribution in [2.24, 2.45) is 5.73 Å². The zero-order chi connectivity index (χ0) is 18.5. The number of pyridine rings is 1. The Labute approximate surface area is 152 Å². The van der Waals surface area contributed by atoms with E-state index in [-0.39, 0.29) is 0 Å². The van der Waals surface area contributed by atoms with Gasteiger partial charge < -0.3 is 20.9 Å². The van der Waals surface area contributed by atoms with Gasteiger partial charge >= 0.3 is 0 Å². The number of H-pyrrole nitrogens is 1. The minimum atomic E-state index is -0.481. The van der Waals surface area contributed by atoms with E-state index in [4.69, 9.17) is 5.73 Å². The molecule has 3 rings (SSSR count). The highest BCUT2D eigenvalue weighted by Crippen LogP contribution is 2.22. The lowest BCUT2D eigenvalue weighted by molar-refractivity contribution is 0.100. The largest absolute Gasteiger partial charge is 0.369 e. The van der Waals surface area contributed by atoms with Gasteiger partial charge in [0, 0.05) is 13.1 Å². The highest BCUT2D eigenvalue weighted by molar-refractivity contribution is 6.04. The summed E-state index contributed by atoms with van der Waals surface area (Å²) in [5.74, 6) is 0.928. The highest BCUT2D eigenvalue weighted by atomic mass is 16.1. The number of carbonyl (C=O) groups excluding carboxylic acids is 1. The van der Waals surface area contributed by atoms with Crippen molar-refractivity contribution in [3.63, 3.8) is 0 Å². The highest BCUT2D eigenvalue weighted by Gasteiger charge is 2.12. The lowest BCUT2D eigenvalue weighted by Crippen LogP contribution is -2.28. The number of aromatic amines is 1. The van der Waals surface area contributed by atoms with Crippen LogP contribution in [0, 0.1) is 0 Å². The molecule has 1 aromatic carbocycles. The van der Waals surface area contributed by atoms with E-state index in [1.807, 2.05) is 24.3 Å². The van der Waals surface area contributed by atoms with Gasteiger partial charge in [-0.1, -0.05) is 26.0 Å². The molecule has 26 heavy (non-hydrogen) atoms. The molecule has 7 heteroatoms. The number of imidazole rings is 1. The second-order valence-electron chi connectivity index (χ2n) is 6.01. The van der Waals surface area contributed by atoms with Crippen molar-refractivity contribution in [2.75, 3.05) is 31.5 Å². The van der Waals surface area contributed by atoms with Crippen LogP contribution in [0.4, 0.5) is 5.82 Å². The van der Waals surface area contributed by atoms with E-state index in [1.54, 1.807) is 12.1 Å². The van der Waals surface area contributed by atoms with Crippen molar-refractivity contribution in [1.29, 1.82) is 0 Å². The average molecular weight is 352 g/mol. The molecule has 7 nitrogen and oxygen atoms in total. The number of carbonyl (C=O) groups is 1. The van der Waals surface area contributed by atoms with Gasteiger partial charge in [-0.15, -0.1) is 0 Å². The second kappa shape index (κ2) is 7.97. The molecule has 1 amide bonds. The molecule has 0 aliphatic heterocycles. The quantitative estimate of drug-likeness (QED) is 0.578. The van der Waals surface area contributed by atoms with Gasteiger partial charge in [0.1, 0.15) is 11.5 Å². The normalized spacial score (nSPS) is 11.2. The first-order valence-electron chi connectivity index (χ1n) is 8.84. The van der Waals surface area contributed by atoms with Crippen LogP contribution in [0.1, 0.15) is 24.2 Å². The Kier molecular flexibility index (Phi) is 5.48. The summed E-state index contributed by atoms with van der Waals surface area (Å²) in [4.78, 5) is 26.3. The molecule has 0 aliphatic rings. The second-order valence-corrected chi connectivity index (χ2v) is 6.01. The van der Waals surface area contributed by atoms with Crippen molar-refractivity contribution < 1.29 is 4.79 Å². The molecule has 0 aliphatic carbocycles. The predicted octanol–water partition coefficient (Wildman–Crippen LogP) is 2.48. The predicted molar refractivity (Wildman–Crippen MR) is 104 cm³/mol. The number of nitrogens with one attached hydrogen (secondary N) is 2. The molecule has 0 atom stereocenters. The number of likely N-dealkylation sites (N-methyl/N-ethyl adjacent to an activating group) is 1. The number of para-hydroxylation sites is 1. The SMILES string of the molecule is CCN(CC)CCNc1cccc(-c2nc3cccc(C(N)=O)c3[nH]2)n1. The number of hydrogen-bond acceptors (Lipinski definition) is 5. The Hall–Kier alpha value is -2.93. The van der Waals surface area contributed by atoms with Gasteiger partial charge in [0.15, 0.2) is 5.82 Å². The van der Waals surface area contributed by atoms with Crippen LogP contribution in [0.3, 0.4) is 0 Å². The van der Waals surface area contributed by atoms with Crippen LogP contribution in [0.15, 0.2) is 36.4 Å². The van der Waals surface area contributed by atoms with E-state index in [9.17, 15) is 4.79 Å². The molecule has 0 radical (unpaired) electrons. The van der Waals surface area contributed by atoms with Gasteiger partial charge in [-0.05, 0) is 37.4 Å². The fourth-order valence-corrected chi connectivity index (χ4v) is 2.91. The minimum absolute atomic E-state index is 0.426. The maximum atomic E-state index is 11.6. The molecule has 4 N–H and O–H groups in total. The zero-order valence-electron chi connectivity index (χ0n) is 15.1. The van der Waals surface area contributed by atoms with Gasteiger partial charge in [-0.3, -0.25) is 4.79 Å². The van der Waals surface area contributed by atoms with E-state index in [1.165, 1.54) is 0 Å². The molecular formula is C19H24N6O. The van der Waals surface area contributed by atoms with E-state index in [2.05, 4.69) is 39.0 Å². The van der Waals surface area contributed by atoms with Gasteiger partial charge in [0.25, 0.3) is 5.91 Å². The molecule has 2 aromatic heterocycles. The van der Waals surface area contributed by atoms with Gasteiger partial charge in [0.05, 0.1) is 16.6 Å². The number of anilines is 1. The third-order valence-electron chi connectivity index (χ3n) is 4.40. The van der Waals surface area contributed by atoms with Gasteiger partial charge in [-0.25, -0.2) is 9.97 Å². The lowest BCUT2D eigenvalue weighted by atomic mass is 10.2. The number of nitrogens with zero attached hydrogens (tertiary/aromatic N) is 3. The Balaban J connectivity index is 1.81. The number of fused-ring (bicyclic) bond motifs is 1. The maximum Gasteiger partial charge on any atom is 0.250 e. The van der Waals surface area contributed by atoms with E-state index in [0.717, 1.165) is 32.0 Å². The summed E-state index contributed by atoms with van der Waals surface area (Å²) in [5, 5.41) is 3.35. The van der Waals surface area contributed by atoms with Crippen molar-refractivity contribution in [1.82, 2.24) is 19.9 Å².